The average Bonchev–Trinajstić information content (AvgIpc) is 2.44. The van der Waals surface area contributed by atoms with Crippen LogP contribution in [0.2, 0.25) is 0 Å². The van der Waals surface area contributed by atoms with Gasteiger partial charge in [0.2, 0.25) is 0 Å². The van der Waals surface area contributed by atoms with E-state index in [4.69, 9.17) is 4.74 Å². The molecular formula is C13H18O7S2. The van der Waals surface area contributed by atoms with Crippen LogP contribution in [-0.4, -0.2) is 42.5 Å². The van der Waals surface area contributed by atoms with E-state index in [0.29, 0.717) is 12.8 Å². The summed E-state index contributed by atoms with van der Waals surface area (Å²) in [5.74, 6) is 0. The minimum absolute atomic E-state index is 0.0332. The van der Waals surface area contributed by atoms with Crippen molar-refractivity contribution in [1.82, 2.24) is 0 Å². The van der Waals surface area contributed by atoms with Crippen molar-refractivity contribution >= 4 is 20.2 Å². The maximum Gasteiger partial charge on any atom is 0.271 e. The molecule has 7 nitrogen and oxygen atoms in total. The lowest BCUT2D eigenvalue weighted by molar-refractivity contribution is 0.0183. The van der Waals surface area contributed by atoms with Gasteiger partial charge in [-0.2, -0.15) is 16.8 Å². The summed E-state index contributed by atoms with van der Waals surface area (Å²) in [6, 6.07) is 8.97. The van der Waals surface area contributed by atoms with Crippen LogP contribution in [0.5, 0.6) is 0 Å². The Morgan fingerprint density at radius 1 is 1.00 bits per heavy atom. The minimum atomic E-state index is -4.68. The Balaban J connectivity index is 2.21. The van der Waals surface area contributed by atoms with E-state index >= 15 is 0 Å². The predicted octanol–water partition coefficient (Wildman–Crippen LogP) is 1.27. The molecule has 3 atom stereocenters. The summed E-state index contributed by atoms with van der Waals surface area (Å²) >= 11 is 0. The predicted molar refractivity (Wildman–Crippen MR) is 79.5 cm³/mol. The van der Waals surface area contributed by atoms with Gasteiger partial charge in [0.05, 0.1) is 12.7 Å². The largest absolute Gasteiger partial charge is 0.372 e. The molecule has 1 aromatic carbocycles. The molecule has 0 saturated heterocycles. The molecule has 0 spiro atoms. The van der Waals surface area contributed by atoms with E-state index in [-0.39, 0.29) is 13.0 Å². The SMILES string of the molecule is O=S(=O)(O)C1CCCC(OCc2ccccc2)C1S(=O)(=O)O. The maximum absolute atomic E-state index is 11.6. The molecule has 3 unspecified atom stereocenters. The molecule has 1 aliphatic carbocycles. The van der Waals surface area contributed by atoms with Crippen molar-refractivity contribution in [1.29, 1.82) is 0 Å². The van der Waals surface area contributed by atoms with E-state index in [9.17, 15) is 25.9 Å². The second-order valence-electron chi connectivity index (χ2n) is 5.30. The van der Waals surface area contributed by atoms with E-state index in [1.807, 2.05) is 6.07 Å². The number of benzene rings is 1. The van der Waals surface area contributed by atoms with Crippen molar-refractivity contribution in [2.45, 2.75) is 42.5 Å². The molecule has 1 saturated carbocycles. The highest BCUT2D eigenvalue weighted by Crippen LogP contribution is 2.31. The van der Waals surface area contributed by atoms with E-state index in [0.717, 1.165) is 5.56 Å². The second-order valence-corrected chi connectivity index (χ2v) is 8.51. The topological polar surface area (TPSA) is 118 Å². The van der Waals surface area contributed by atoms with Crippen molar-refractivity contribution in [2.24, 2.45) is 0 Å². The number of ether oxygens (including phenoxy) is 1. The summed E-state index contributed by atoms with van der Waals surface area (Å²) in [5, 5.41) is -3.25. The van der Waals surface area contributed by atoms with Gasteiger partial charge in [0.25, 0.3) is 20.2 Å². The third-order valence-electron chi connectivity index (χ3n) is 3.74. The zero-order valence-electron chi connectivity index (χ0n) is 11.7. The van der Waals surface area contributed by atoms with Gasteiger partial charge in [-0.25, -0.2) is 0 Å². The van der Waals surface area contributed by atoms with E-state index in [1.165, 1.54) is 0 Å². The Bertz CT molecular complexity index is 697. The van der Waals surface area contributed by atoms with E-state index < -0.39 is 36.8 Å². The number of hydrogen-bond acceptors (Lipinski definition) is 5. The molecule has 9 heteroatoms. The van der Waals surface area contributed by atoms with Crippen LogP contribution in [-0.2, 0) is 31.6 Å². The van der Waals surface area contributed by atoms with Crippen LogP contribution in [0.3, 0.4) is 0 Å². The van der Waals surface area contributed by atoms with Crippen LogP contribution in [0.25, 0.3) is 0 Å². The fourth-order valence-corrected chi connectivity index (χ4v) is 5.69. The van der Waals surface area contributed by atoms with Gasteiger partial charge in [0, 0.05) is 0 Å². The summed E-state index contributed by atoms with van der Waals surface area (Å²) in [4.78, 5) is 0. The molecule has 1 aliphatic rings. The highest BCUT2D eigenvalue weighted by Gasteiger charge is 2.48. The molecule has 124 valence electrons. The van der Waals surface area contributed by atoms with Crippen molar-refractivity contribution in [3.63, 3.8) is 0 Å². The van der Waals surface area contributed by atoms with Gasteiger partial charge in [0.15, 0.2) is 0 Å². The first-order valence-electron chi connectivity index (χ1n) is 6.77. The monoisotopic (exact) mass is 350 g/mol. The highest BCUT2D eigenvalue weighted by atomic mass is 32.2. The summed E-state index contributed by atoms with van der Waals surface area (Å²) in [6.45, 7) is 0.0930. The summed E-state index contributed by atoms with van der Waals surface area (Å²) < 4.78 is 70.0. The lowest BCUT2D eigenvalue weighted by atomic mass is 9.96. The van der Waals surface area contributed by atoms with E-state index in [1.54, 1.807) is 24.3 Å². The zero-order valence-corrected chi connectivity index (χ0v) is 13.3. The molecule has 0 bridgehead atoms. The van der Waals surface area contributed by atoms with Gasteiger partial charge >= 0.3 is 0 Å². The van der Waals surface area contributed by atoms with Gasteiger partial charge in [-0.1, -0.05) is 30.3 Å². The minimum Gasteiger partial charge on any atom is -0.372 e. The van der Waals surface area contributed by atoms with Crippen LogP contribution in [0.1, 0.15) is 24.8 Å². The van der Waals surface area contributed by atoms with Crippen molar-refractivity contribution < 1.29 is 30.7 Å². The van der Waals surface area contributed by atoms with Crippen LogP contribution in [0, 0.1) is 0 Å². The van der Waals surface area contributed by atoms with Gasteiger partial charge < -0.3 is 4.74 Å². The normalized spacial score (nSPS) is 26.7. The Hall–Kier alpha value is -1.00. The van der Waals surface area contributed by atoms with E-state index in [2.05, 4.69) is 0 Å². The molecule has 2 N–H and O–H groups in total. The fraction of sp³-hybridized carbons (Fsp3) is 0.538. The Kier molecular flexibility index (Phi) is 5.23. The van der Waals surface area contributed by atoms with Crippen LogP contribution in [0.15, 0.2) is 30.3 Å². The first-order valence-corrected chi connectivity index (χ1v) is 9.78. The first-order chi connectivity index (χ1) is 10.2. The summed E-state index contributed by atoms with van der Waals surface area (Å²) in [6.07, 6.45) is -0.343. The number of rotatable bonds is 5. The smallest absolute Gasteiger partial charge is 0.271 e. The third kappa shape index (κ3) is 4.26. The summed E-state index contributed by atoms with van der Waals surface area (Å²) in [5.41, 5.74) is 0.797. The molecule has 2 rings (SSSR count). The molecule has 0 radical (unpaired) electrons. The summed E-state index contributed by atoms with van der Waals surface area (Å²) in [7, 11) is -9.27. The van der Waals surface area contributed by atoms with Gasteiger partial charge in [-0.05, 0) is 24.8 Å². The van der Waals surface area contributed by atoms with Crippen molar-refractivity contribution in [3.8, 4) is 0 Å². The molecule has 0 aliphatic heterocycles. The maximum atomic E-state index is 11.6. The molecule has 1 aromatic rings. The van der Waals surface area contributed by atoms with Gasteiger partial charge in [-0.3, -0.25) is 9.11 Å². The molecule has 0 amide bonds. The van der Waals surface area contributed by atoms with Crippen LogP contribution >= 0.6 is 0 Å². The highest BCUT2D eigenvalue weighted by molar-refractivity contribution is 7.90. The fourth-order valence-electron chi connectivity index (χ4n) is 2.75. The van der Waals surface area contributed by atoms with Gasteiger partial charge in [-0.15, -0.1) is 0 Å². The lowest BCUT2D eigenvalue weighted by Gasteiger charge is -2.34. The third-order valence-corrected chi connectivity index (χ3v) is 6.53. The zero-order chi connectivity index (χ0) is 16.4. The lowest BCUT2D eigenvalue weighted by Crippen LogP contribution is -2.50. The van der Waals surface area contributed by atoms with Crippen LogP contribution < -0.4 is 0 Å². The molecule has 0 aromatic heterocycles. The van der Waals surface area contributed by atoms with Crippen molar-refractivity contribution in [2.75, 3.05) is 0 Å². The second kappa shape index (κ2) is 6.63. The quantitative estimate of drug-likeness (QED) is 0.768. The first kappa shape index (κ1) is 17.4. The standard InChI is InChI=1S/C13H18O7S2/c14-21(15,16)12-8-4-7-11(13(12)22(17,18)19)20-9-10-5-2-1-3-6-10/h1-3,5-6,11-13H,4,7-9H2,(H,14,15,16)(H,17,18,19). The number of hydrogen-bond donors (Lipinski definition) is 2. The average molecular weight is 350 g/mol. The van der Waals surface area contributed by atoms with Crippen LogP contribution in [0.4, 0.5) is 0 Å². The van der Waals surface area contributed by atoms with Crippen molar-refractivity contribution in [3.05, 3.63) is 35.9 Å². The molecule has 1 fully saturated rings. The Morgan fingerprint density at radius 2 is 1.64 bits per heavy atom. The Labute approximate surface area is 129 Å². The molecule has 0 heterocycles. The molecule has 22 heavy (non-hydrogen) atoms. The van der Waals surface area contributed by atoms with Gasteiger partial charge in [0.1, 0.15) is 10.5 Å². The Morgan fingerprint density at radius 3 is 2.18 bits per heavy atom. The molecular weight excluding hydrogens is 332 g/mol.